The summed E-state index contributed by atoms with van der Waals surface area (Å²) in [5, 5.41) is 2.65. The average molecular weight is 364 g/mol. The molecule has 1 aliphatic heterocycles. The van der Waals surface area contributed by atoms with Crippen molar-refractivity contribution in [3.8, 4) is 0 Å². The smallest absolute Gasteiger partial charge is 0.321 e. The monoisotopic (exact) mass is 364 g/mol. The molecule has 0 saturated carbocycles. The van der Waals surface area contributed by atoms with Gasteiger partial charge in [0.15, 0.2) is 0 Å². The van der Waals surface area contributed by atoms with Gasteiger partial charge in [-0.05, 0) is 44.9 Å². The Morgan fingerprint density at radius 3 is 2.54 bits per heavy atom. The number of nitrogens with one attached hydrogen (secondary N) is 1. The lowest BCUT2D eigenvalue weighted by Gasteiger charge is -2.25. The minimum absolute atomic E-state index is 0.120. The summed E-state index contributed by atoms with van der Waals surface area (Å²) in [6.07, 6.45) is 0.787. The third kappa shape index (κ3) is 5.42. The molecule has 2 rings (SSSR count). The Hall–Kier alpha value is -2.15. The van der Waals surface area contributed by atoms with Gasteiger partial charge in [0, 0.05) is 39.3 Å². The van der Waals surface area contributed by atoms with Crippen molar-refractivity contribution >= 4 is 17.6 Å². The van der Waals surface area contributed by atoms with Crippen LogP contribution >= 0.6 is 0 Å². The van der Waals surface area contributed by atoms with Crippen LogP contribution in [0.5, 0.6) is 0 Å². The van der Waals surface area contributed by atoms with Gasteiger partial charge in [0.2, 0.25) is 5.91 Å². The largest absolute Gasteiger partial charge is 0.342 e. The van der Waals surface area contributed by atoms with E-state index in [0.29, 0.717) is 39.3 Å². The molecule has 0 radical (unpaired) electrons. The number of amides is 3. The van der Waals surface area contributed by atoms with Crippen LogP contribution in [0, 0.1) is 12.7 Å². The molecule has 0 aromatic heterocycles. The number of carbonyl (C=O) groups is 2. The van der Waals surface area contributed by atoms with Gasteiger partial charge >= 0.3 is 6.03 Å². The highest BCUT2D eigenvalue weighted by atomic mass is 19.1. The van der Waals surface area contributed by atoms with Crippen LogP contribution in [-0.4, -0.2) is 72.5 Å². The van der Waals surface area contributed by atoms with Crippen LogP contribution in [0.4, 0.5) is 14.9 Å². The molecule has 6 nitrogen and oxygen atoms in total. The van der Waals surface area contributed by atoms with Gasteiger partial charge in [-0.25, -0.2) is 9.18 Å². The summed E-state index contributed by atoms with van der Waals surface area (Å²) in [5.74, 6) is -0.311. The number of benzene rings is 1. The van der Waals surface area contributed by atoms with Gasteiger partial charge in [0.05, 0.1) is 12.2 Å². The topological polar surface area (TPSA) is 55.9 Å². The predicted molar refractivity (Wildman–Crippen MR) is 101 cm³/mol. The Morgan fingerprint density at radius 2 is 1.88 bits per heavy atom. The zero-order chi connectivity index (χ0) is 19.1. The zero-order valence-corrected chi connectivity index (χ0v) is 15.9. The van der Waals surface area contributed by atoms with Crippen molar-refractivity contribution in [2.45, 2.75) is 27.2 Å². The lowest BCUT2D eigenvalue weighted by Crippen LogP contribution is -2.42. The Kier molecular flexibility index (Phi) is 7.38. The van der Waals surface area contributed by atoms with Crippen LogP contribution in [0.3, 0.4) is 0 Å². The molecule has 1 heterocycles. The number of hydrogen-bond acceptors (Lipinski definition) is 3. The average Bonchev–Trinajstić information content (AvgIpc) is 2.84. The van der Waals surface area contributed by atoms with Gasteiger partial charge in [0.1, 0.15) is 5.82 Å². The minimum atomic E-state index is -0.431. The SMILES string of the molecule is CCN(CC)C(=O)CN1CCCN(C(=O)Nc2ccc(C)cc2F)CC1. The Balaban J connectivity index is 1.89. The number of halogens is 1. The van der Waals surface area contributed by atoms with Crippen molar-refractivity contribution in [2.24, 2.45) is 0 Å². The highest BCUT2D eigenvalue weighted by Gasteiger charge is 2.22. The van der Waals surface area contributed by atoms with Crippen LogP contribution in [-0.2, 0) is 4.79 Å². The minimum Gasteiger partial charge on any atom is -0.342 e. The lowest BCUT2D eigenvalue weighted by atomic mass is 10.2. The van der Waals surface area contributed by atoms with E-state index in [4.69, 9.17) is 0 Å². The summed E-state index contributed by atoms with van der Waals surface area (Å²) in [5.41, 5.74) is 1.00. The van der Waals surface area contributed by atoms with Gasteiger partial charge < -0.3 is 15.1 Å². The Bertz CT molecular complexity index is 634. The first-order valence-corrected chi connectivity index (χ1v) is 9.26. The fraction of sp³-hybridized carbons (Fsp3) is 0.579. The second kappa shape index (κ2) is 9.52. The van der Waals surface area contributed by atoms with Gasteiger partial charge in [-0.1, -0.05) is 6.07 Å². The second-order valence-corrected chi connectivity index (χ2v) is 6.60. The van der Waals surface area contributed by atoms with Crippen molar-refractivity contribution in [1.82, 2.24) is 14.7 Å². The summed E-state index contributed by atoms with van der Waals surface area (Å²) in [6, 6.07) is 4.44. The lowest BCUT2D eigenvalue weighted by molar-refractivity contribution is -0.132. The van der Waals surface area contributed by atoms with Crippen molar-refractivity contribution < 1.29 is 14.0 Å². The number of urea groups is 1. The van der Waals surface area contributed by atoms with E-state index < -0.39 is 5.82 Å². The molecular formula is C19H29FN4O2. The first-order valence-electron chi connectivity index (χ1n) is 9.26. The maximum atomic E-state index is 13.9. The van der Waals surface area contributed by atoms with E-state index in [1.165, 1.54) is 6.07 Å². The summed E-state index contributed by atoms with van der Waals surface area (Å²) < 4.78 is 13.9. The molecular weight excluding hydrogens is 335 g/mol. The molecule has 1 N–H and O–H groups in total. The fourth-order valence-corrected chi connectivity index (χ4v) is 3.12. The van der Waals surface area contributed by atoms with Crippen LogP contribution < -0.4 is 5.32 Å². The molecule has 0 bridgehead atoms. The third-order valence-electron chi connectivity index (χ3n) is 4.72. The highest BCUT2D eigenvalue weighted by molar-refractivity contribution is 5.89. The van der Waals surface area contributed by atoms with Gasteiger partial charge in [-0.2, -0.15) is 0 Å². The van der Waals surface area contributed by atoms with E-state index in [0.717, 1.165) is 18.5 Å². The Morgan fingerprint density at radius 1 is 1.15 bits per heavy atom. The number of likely N-dealkylation sites (N-methyl/N-ethyl adjacent to an activating group) is 1. The number of nitrogens with zero attached hydrogens (tertiary/aromatic N) is 3. The zero-order valence-electron chi connectivity index (χ0n) is 15.9. The number of aryl methyl sites for hydroxylation is 1. The van der Waals surface area contributed by atoms with E-state index in [9.17, 15) is 14.0 Å². The standard InChI is InChI=1S/C19H29FN4O2/c1-4-23(5-2)18(25)14-22-9-6-10-24(12-11-22)19(26)21-17-8-7-15(3)13-16(17)20/h7-8,13H,4-6,9-12,14H2,1-3H3,(H,21,26). The van der Waals surface area contributed by atoms with E-state index in [2.05, 4.69) is 10.2 Å². The van der Waals surface area contributed by atoms with Gasteiger partial charge in [-0.3, -0.25) is 9.69 Å². The van der Waals surface area contributed by atoms with Crippen molar-refractivity contribution in [1.29, 1.82) is 0 Å². The van der Waals surface area contributed by atoms with Crippen LogP contribution in [0.1, 0.15) is 25.8 Å². The molecule has 3 amide bonds. The molecule has 1 aromatic rings. The summed E-state index contributed by atoms with van der Waals surface area (Å²) >= 11 is 0. The highest BCUT2D eigenvalue weighted by Crippen LogP contribution is 2.16. The maximum Gasteiger partial charge on any atom is 0.321 e. The first-order chi connectivity index (χ1) is 12.4. The maximum absolute atomic E-state index is 13.9. The van der Waals surface area contributed by atoms with Crippen LogP contribution in [0.2, 0.25) is 0 Å². The van der Waals surface area contributed by atoms with E-state index in [-0.39, 0.29) is 17.6 Å². The van der Waals surface area contributed by atoms with Crippen molar-refractivity contribution in [3.63, 3.8) is 0 Å². The number of rotatable bonds is 5. The molecule has 1 aromatic carbocycles. The molecule has 0 atom stereocenters. The first kappa shape index (κ1) is 20.2. The fourth-order valence-electron chi connectivity index (χ4n) is 3.12. The van der Waals surface area contributed by atoms with Crippen molar-refractivity contribution in [3.05, 3.63) is 29.6 Å². The molecule has 26 heavy (non-hydrogen) atoms. The number of carbonyl (C=O) groups excluding carboxylic acids is 2. The number of anilines is 1. The molecule has 144 valence electrons. The predicted octanol–water partition coefficient (Wildman–Crippen LogP) is 2.54. The summed E-state index contributed by atoms with van der Waals surface area (Å²) in [6.45, 7) is 10.1. The molecule has 0 spiro atoms. The second-order valence-electron chi connectivity index (χ2n) is 6.60. The molecule has 1 saturated heterocycles. The Labute approximate surface area is 154 Å². The molecule has 0 unspecified atom stereocenters. The summed E-state index contributed by atoms with van der Waals surface area (Å²) in [4.78, 5) is 30.3. The van der Waals surface area contributed by atoms with Crippen LogP contribution in [0.25, 0.3) is 0 Å². The quantitative estimate of drug-likeness (QED) is 0.874. The van der Waals surface area contributed by atoms with E-state index in [1.54, 1.807) is 24.0 Å². The normalized spacial score (nSPS) is 15.5. The van der Waals surface area contributed by atoms with Gasteiger partial charge in [0.25, 0.3) is 0 Å². The van der Waals surface area contributed by atoms with Crippen LogP contribution in [0.15, 0.2) is 18.2 Å². The van der Waals surface area contributed by atoms with Gasteiger partial charge in [-0.15, -0.1) is 0 Å². The molecule has 1 fully saturated rings. The van der Waals surface area contributed by atoms with Crippen molar-refractivity contribution in [2.75, 3.05) is 51.1 Å². The summed E-state index contributed by atoms with van der Waals surface area (Å²) in [7, 11) is 0. The van der Waals surface area contributed by atoms with E-state index >= 15 is 0 Å². The third-order valence-corrected chi connectivity index (χ3v) is 4.72. The van der Waals surface area contributed by atoms with E-state index in [1.807, 2.05) is 18.7 Å². The molecule has 1 aliphatic rings. The molecule has 7 heteroatoms. The number of hydrogen-bond donors (Lipinski definition) is 1. The molecule has 0 aliphatic carbocycles.